The van der Waals surface area contributed by atoms with Gasteiger partial charge in [-0.1, -0.05) is 46.7 Å². The van der Waals surface area contributed by atoms with Crippen LogP contribution in [0.15, 0.2) is 41.3 Å². The summed E-state index contributed by atoms with van der Waals surface area (Å²) in [5.74, 6) is -0.656. The summed E-state index contributed by atoms with van der Waals surface area (Å²) < 4.78 is 14.2. The third-order valence-electron chi connectivity index (χ3n) is 4.86. The van der Waals surface area contributed by atoms with E-state index in [4.69, 9.17) is 23.2 Å². The Kier molecular flexibility index (Phi) is 6.53. The van der Waals surface area contributed by atoms with E-state index in [1.165, 1.54) is 29.2 Å². The second-order valence-corrected chi connectivity index (χ2v) is 9.56. The second-order valence-electron chi connectivity index (χ2n) is 6.82. The Balaban J connectivity index is 1.44. The number of thioether (sulfide) groups is 1. The highest BCUT2D eigenvalue weighted by Gasteiger charge is 2.23. The van der Waals surface area contributed by atoms with Gasteiger partial charge in [0.05, 0.1) is 34.4 Å². The van der Waals surface area contributed by atoms with Gasteiger partial charge in [-0.15, -0.1) is 11.8 Å². The fourth-order valence-electron chi connectivity index (χ4n) is 3.33. The van der Waals surface area contributed by atoms with Gasteiger partial charge in [0.15, 0.2) is 5.13 Å². The van der Waals surface area contributed by atoms with Crippen molar-refractivity contribution in [1.29, 1.82) is 0 Å². The molecule has 3 aromatic rings. The highest BCUT2D eigenvalue weighted by atomic mass is 35.5. The van der Waals surface area contributed by atoms with Gasteiger partial charge in [-0.2, -0.15) is 0 Å². The van der Waals surface area contributed by atoms with Crippen molar-refractivity contribution in [2.45, 2.75) is 24.3 Å². The van der Waals surface area contributed by atoms with Gasteiger partial charge in [0.1, 0.15) is 5.82 Å². The van der Waals surface area contributed by atoms with Gasteiger partial charge in [0, 0.05) is 22.7 Å². The lowest BCUT2D eigenvalue weighted by atomic mass is 10.1. The molecule has 0 bridgehead atoms. The first-order valence-corrected chi connectivity index (χ1v) is 12.0. The molecular weight excluding hydrogens is 464 g/mol. The van der Waals surface area contributed by atoms with Crippen molar-refractivity contribution in [3.8, 4) is 0 Å². The summed E-state index contributed by atoms with van der Waals surface area (Å²) in [7, 11) is 0. The SMILES string of the molecule is CSc1ccc(CC(=O)Nc2nc3c(s2)CN(c2cccc(Cl)c2Cl)CC3)c(F)c1. The molecule has 0 atom stereocenters. The van der Waals surface area contributed by atoms with Gasteiger partial charge in [-0.25, -0.2) is 9.37 Å². The molecule has 0 aliphatic carbocycles. The highest BCUT2D eigenvalue weighted by Crippen LogP contribution is 2.36. The number of fused-ring (bicyclic) bond motifs is 1. The zero-order chi connectivity index (χ0) is 21.3. The molecule has 1 aromatic heterocycles. The minimum absolute atomic E-state index is 0.0327. The van der Waals surface area contributed by atoms with Gasteiger partial charge in [0.25, 0.3) is 0 Å². The van der Waals surface area contributed by atoms with Crippen LogP contribution in [0.4, 0.5) is 15.2 Å². The normalized spacial score (nSPS) is 13.3. The molecule has 9 heteroatoms. The molecule has 4 nitrogen and oxygen atoms in total. The van der Waals surface area contributed by atoms with E-state index in [1.807, 2.05) is 24.5 Å². The Morgan fingerprint density at radius 3 is 2.93 bits per heavy atom. The van der Waals surface area contributed by atoms with Gasteiger partial charge in [-0.05, 0) is 36.1 Å². The topological polar surface area (TPSA) is 45.2 Å². The Hall–Kier alpha value is -1.80. The Labute approximate surface area is 192 Å². The van der Waals surface area contributed by atoms with Crippen LogP contribution in [0.2, 0.25) is 10.0 Å². The number of rotatable bonds is 5. The smallest absolute Gasteiger partial charge is 0.230 e. The third kappa shape index (κ3) is 4.59. The number of anilines is 2. The number of carbonyl (C=O) groups is 1. The van der Waals surface area contributed by atoms with Crippen LogP contribution < -0.4 is 10.2 Å². The van der Waals surface area contributed by atoms with Crippen LogP contribution in [0, 0.1) is 5.82 Å². The fourth-order valence-corrected chi connectivity index (χ4v) is 5.21. The third-order valence-corrected chi connectivity index (χ3v) is 7.39. The van der Waals surface area contributed by atoms with E-state index in [9.17, 15) is 9.18 Å². The van der Waals surface area contributed by atoms with Gasteiger partial charge in [0.2, 0.25) is 5.91 Å². The monoisotopic (exact) mass is 481 g/mol. The molecule has 0 unspecified atom stereocenters. The summed E-state index contributed by atoms with van der Waals surface area (Å²) >= 11 is 15.4. The lowest BCUT2D eigenvalue weighted by Gasteiger charge is -2.29. The quantitative estimate of drug-likeness (QED) is 0.450. The Morgan fingerprint density at radius 1 is 1.33 bits per heavy atom. The molecule has 0 radical (unpaired) electrons. The van der Waals surface area contributed by atoms with Crippen molar-refractivity contribution >= 4 is 63.0 Å². The van der Waals surface area contributed by atoms with E-state index in [0.29, 0.717) is 27.3 Å². The molecule has 2 aromatic carbocycles. The van der Waals surface area contributed by atoms with Crippen LogP contribution in [0.3, 0.4) is 0 Å². The molecule has 0 spiro atoms. The van der Waals surface area contributed by atoms with Gasteiger partial charge >= 0.3 is 0 Å². The number of thiazole rings is 1. The van der Waals surface area contributed by atoms with Gasteiger partial charge < -0.3 is 10.2 Å². The average molecular weight is 482 g/mol. The summed E-state index contributed by atoms with van der Waals surface area (Å²) in [6.07, 6.45) is 2.59. The van der Waals surface area contributed by atoms with E-state index in [-0.39, 0.29) is 18.1 Å². The summed E-state index contributed by atoms with van der Waals surface area (Å²) in [5, 5.41) is 4.40. The highest BCUT2D eigenvalue weighted by molar-refractivity contribution is 7.98. The maximum absolute atomic E-state index is 14.2. The first-order valence-electron chi connectivity index (χ1n) is 9.24. The van der Waals surface area contributed by atoms with Crippen molar-refractivity contribution in [1.82, 2.24) is 4.98 Å². The summed E-state index contributed by atoms with van der Waals surface area (Å²) in [4.78, 5) is 21.0. The van der Waals surface area contributed by atoms with E-state index in [0.717, 1.165) is 34.1 Å². The van der Waals surface area contributed by atoms with Crippen molar-refractivity contribution in [3.05, 3.63) is 68.4 Å². The van der Waals surface area contributed by atoms with Crippen LogP contribution in [-0.2, 0) is 24.2 Å². The molecule has 0 fully saturated rings. The predicted molar refractivity (Wildman–Crippen MR) is 124 cm³/mol. The van der Waals surface area contributed by atoms with E-state index < -0.39 is 0 Å². The van der Waals surface area contributed by atoms with Crippen LogP contribution in [0.25, 0.3) is 0 Å². The molecule has 1 aliphatic heterocycles. The van der Waals surface area contributed by atoms with E-state index in [2.05, 4.69) is 15.2 Å². The second kappa shape index (κ2) is 9.14. The first-order chi connectivity index (χ1) is 14.4. The molecule has 1 amide bonds. The Bertz CT molecular complexity index is 1110. The number of halogens is 3. The largest absolute Gasteiger partial charge is 0.365 e. The molecule has 1 N–H and O–H groups in total. The van der Waals surface area contributed by atoms with E-state index in [1.54, 1.807) is 12.1 Å². The van der Waals surface area contributed by atoms with Crippen molar-refractivity contribution < 1.29 is 9.18 Å². The molecule has 4 rings (SSSR count). The standard InChI is InChI=1S/C21H18Cl2FN3OS2/c1-29-13-6-5-12(15(24)10-13)9-19(28)26-21-25-16-7-8-27(11-18(16)30-21)17-4-2-3-14(22)20(17)23/h2-6,10H,7-9,11H2,1H3,(H,25,26,28). The fraction of sp³-hybridized carbons (Fsp3) is 0.238. The number of nitrogens with one attached hydrogen (secondary N) is 1. The van der Waals surface area contributed by atoms with Crippen LogP contribution >= 0.6 is 46.3 Å². The Morgan fingerprint density at radius 2 is 2.17 bits per heavy atom. The first kappa shape index (κ1) is 21.4. The predicted octanol–water partition coefficient (Wildman–Crippen LogP) is 6.05. The summed E-state index contributed by atoms with van der Waals surface area (Å²) in [5.41, 5.74) is 2.23. The molecular formula is C21H18Cl2FN3OS2. The lowest BCUT2D eigenvalue weighted by molar-refractivity contribution is -0.115. The molecule has 1 aliphatic rings. The van der Waals surface area contributed by atoms with Crippen molar-refractivity contribution in [2.24, 2.45) is 0 Å². The summed E-state index contributed by atoms with van der Waals surface area (Å²) in [6, 6.07) is 10.5. The zero-order valence-corrected chi connectivity index (χ0v) is 19.2. The van der Waals surface area contributed by atoms with E-state index >= 15 is 0 Å². The number of hydrogen-bond donors (Lipinski definition) is 1. The van der Waals surface area contributed by atoms with Crippen LogP contribution in [0.5, 0.6) is 0 Å². The summed E-state index contributed by atoms with van der Waals surface area (Å²) in [6.45, 7) is 1.41. The molecule has 156 valence electrons. The molecule has 2 heterocycles. The van der Waals surface area contributed by atoms with Crippen molar-refractivity contribution in [3.63, 3.8) is 0 Å². The average Bonchev–Trinajstić information content (AvgIpc) is 3.12. The van der Waals surface area contributed by atoms with Crippen LogP contribution in [-0.4, -0.2) is 23.7 Å². The maximum Gasteiger partial charge on any atom is 0.230 e. The number of carbonyl (C=O) groups excluding carboxylic acids is 1. The zero-order valence-electron chi connectivity index (χ0n) is 16.0. The van der Waals surface area contributed by atoms with Crippen LogP contribution in [0.1, 0.15) is 16.1 Å². The molecule has 0 saturated heterocycles. The molecule has 0 saturated carbocycles. The van der Waals surface area contributed by atoms with Crippen molar-refractivity contribution in [2.75, 3.05) is 23.0 Å². The number of nitrogens with zero attached hydrogens (tertiary/aromatic N) is 2. The maximum atomic E-state index is 14.2. The number of benzene rings is 2. The number of aromatic nitrogens is 1. The minimum atomic E-state index is -0.371. The lowest BCUT2D eigenvalue weighted by Crippen LogP contribution is -2.29. The minimum Gasteiger partial charge on any atom is -0.365 e. The van der Waals surface area contributed by atoms with Gasteiger partial charge in [-0.3, -0.25) is 4.79 Å². The number of hydrogen-bond acceptors (Lipinski definition) is 5. The molecule has 30 heavy (non-hydrogen) atoms. The number of amides is 1.